The molecule has 1 aromatic carbocycles. The van der Waals surface area contributed by atoms with E-state index in [0.29, 0.717) is 13.1 Å². The number of nitrogens with zero attached hydrogens (tertiary/aromatic N) is 1. The molecular weight excluding hydrogens is 277 g/mol. The fourth-order valence-corrected chi connectivity index (χ4v) is 3.39. The van der Waals surface area contributed by atoms with Crippen LogP contribution in [0.25, 0.3) is 0 Å². The zero-order chi connectivity index (χ0) is 14.9. The van der Waals surface area contributed by atoms with Crippen molar-refractivity contribution in [2.24, 2.45) is 5.92 Å². The van der Waals surface area contributed by atoms with E-state index in [4.69, 9.17) is 0 Å². The van der Waals surface area contributed by atoms with E-state index in [1.165, 1.54) is 16.8 Å². The molecular formula is C16H21F3N2. The van der Waals surface area contributed by atoms with Crippen LogP contribution in [0.4, 0.5) is 18.9 Å². The Bertz CT molecular complexity index is 491. The van der Waals surface area contributed by atoms with Crippen molar-refractivity contribution in [2.75, 3.05) is 25.0 Å². The summed E-state index contributed by atoms with van der Waals surface area (Å²) >= 11 is 0. The minimum atomic E-state index is -4.03. The number of likely N-dealkylation sites (tertiary alicyclic amines) is 1. The van der Waals surface area contributed by atoms with Crippen LogP contribution in [0.15, 0.2) is 18.2 Å². The molecule has 0 saturated carbocycles. The van der Waals surface area contributed by atoms with Gasteiger partial charge in [0.15, 0.2) is 0 Å². The third-order valence-electron chi connectivity index (χ3n) is 4.64. The van der Waals surface area contributed by atoms with Gasteiger partial charge in [-0.2, -0.15) is 13.2 Å². The van der Waals surface area contributed by atoms with E-state index in [9.17, 15) is 13.2 Å². The van der Waals surface area contributed by atoms with Crippen molar-refractivity contribution in [2.45, 2.75) is 38.4 Å². The van der Waals surface area contributed by atoms with E-state index in [0.717, 1.165) is 25.9 Å². The van der Waals surface area contributed by atoms with Crippen LogP contribution in [0.3, 0.4) is 0 Å². The molecule has 3 rings (SSSR count). The molecule has 21 heavy (non-hydrogen) atoms. The number of benzene rings is 1. The molecule has 2 heterocycles. The molecule has 0 aliphatic carbocycles. The van der Waals surface area contributed by atoms with Gasteiger partial charge < -0.3 is 5.32 Å². The topological polar surface area (TPSA) is 15.3 Å². The molecule has 1 saturated heterocycles. The maximum atomic E-state index is 12.7. The Morgan fingerprint density at radius 2 is 1.95 bits per heavy atom. The Balaban J connectivity index is 1.64. The smallest absolute Gasteiger partial charge is 0.385 e. The lowest BCUT2D eigenvalue weighted by molar-refractivity contribution is -0.185. The minimum absolute atomic E-state index is 0.233. The number of halogens is 3. The van der Waals surface area contributed by atoms with Gasteiger partial charge >= 0.3 is 6.18 Å². The predicted molar refractivity (Wildman–Crippen MR) is 77.3 cm³/mol. The molecule has 2 nitrogen and oxygen atoms in total. The van der Waals surface area contributed by atoms with Crippen LogP contribution >= 0.6 is 0 Å². The SMILES string of the molecule is FC(F)(F)C1CCN(Cc2cccc3c2CCCN3)CC1. The summed E-state index contributed by atoms with van der Waals surface area (Å²) in [6.07, 6.45) is -1.37. The normalized spacial score (nSPS) is 20.9. The summed E-state index contributed by atoms with van der Waals surface area (Å²) in [6.45, 7) is 2.87. The van der Waals surface area contributed by atoms with Crippen molar-refractivity contribution < 1.29 is 13.2 Å². The zero-order valence-corrected chi connectivity index (χ0v) is 12.0. The van der Waals surface area contributed by atoms with Gasteiger partial charge in [0, 0.05) is 18.8 Å². The highest BCUT2D eigenvalue weighted by molar-refractivity contribution is 5.56. The molecule has 0 spiro atoms. The third-order valence-corrected chi connectivity index (χ3v) is 4.64. The molecule has 0 aromatic heterocycles. The van der Waals surface area contributed by atoms with Gasteiger partial charge in [-0.15, -0.1) is 0 Å². The van der Waals surface area contributed by atoms with Crippen molar-refractivity contribution in [3.05, 3.63) is 29.3 Å². The molecule has 1 aromatic rings. The number of anilines is 1. The van der Waals surface area contributed by atoms with Gasteiger partial charge in [-0.1, -0.05) is 12.1 Å². The maximum absolute atomic E-state index is 12.7. The number of fused-ring (bicyclic) bond motifs is 1. The van der Waals surface area contributed by atoms with Crippen LogP contribution in [0, 0.1) is 5.92 Å². The number of hydrogen-bond donors (Lipinski definition) is 1. The van der Waals surface area contributed by atoms with Crippen molar-refractivity contribution in [3.63, 3.8) is 0 Å². The number of rotatable bonds is 2. The van der Waals surface area contributed by atoms with E-state index < -0.39 is 12.1 Å². The summed E-state index contributed by atoms with van der Waals surface area (Å²) in [5.41, 5.74) is 3.82. The van der Waals surface area contributed by atoms with E-state index in [2.05, 4.69) is 22.3 Å². The van der Waals surface area contributed by atoms with Gasteiger partial charge in [0.25, 0.3) is 0 Å². The van der Waals surface area contributed by atoms with Gasteiger partial charge in [-0.05, 0) is 56.0 Å². The first-order valence-electron chi connectivity index (χ1n) is 7.68. The number of piperidine rings is 1. The fourth-order valence-electron chi connectivity index (χ4n) is 3.39. The Morgan fingerprint density at radius 3 is 2.67 bits per heavy atom. The summed E-state index contributed by atoms with van der Waals surface area (Å²) in [7, 11) is 0. The van der Waals surface area contributed by atoms with Crippen LogP contribution in [0.1, 0.15) is 30.4 Å². The molecule has 2 aliphatic heterocycles. The molecule has 0 unspecified atom stereocenters. The quantitative estimate of drug-likeness (QED) is 0.893. The lowest BCUT2D eigenvalue weighted by atomic mass is 9.94. The fraction of sp³-hybridized carbons (Fsp3) is 0.625. The average molecular weight is 298 g/mol. The first kappa shape index (κ1) is 14.7. The average Bonchev–Trinajstić information content (AvgIpc) is 2.47. The van der Waals surface area contributed by atoms with Crippen LogP contribution < -0.4 is 5.32 Å². The molecule has 0 atom stereocenters. The first-order chi connectivity index (χ1) is 10.0. The molecule has 0 amide bonds. The Hall–Kier alpha value is -1.23. The van der Waals surface area contributed by atoms with Gasteiger partial charge in [0.05, 0.1) is 5.92 Å². The molecule has 116 valence electrons. The highest BCUT2D eigenvalue weighted by Gasteiger charge is 2.41. The van der Waals surface area contributed by atoms with E-state index in [-0.39, 0.29) is 12.8 Å². The number of hydrogen-bond acceptors (Lipinski definition) is 2. The molecule has 2 aliphatic rings. The van der Waals surface area contributed by atoms with Crippen molar-refractivity contribution in [1.29, 1.82) is 0 Å². The van der Waals surface area contributed by atoms with E-state index in [1.807, 2.05) is 6.07 Å². The summed E-state index contributed by atoms with van der Waals surface area (Å²) in [6, 6.07) is 6.24. The first-order valence-corrected chi connectivity index (χ1v) is 7.68. The zero-order valence-electron chi connectivity index (χ0n) is 12.0. The molecule has 5 heteroatoms. The van der Waals surface area contributed by atoms with Gasteiger partial charge in [-0.3, -0.25) is 4.90 Å². The Kier molecular flexibility index (Phi) is 4.11. The summed E-state index contributed by atoms with van der Waals surface area (Å²) in [5, 5.41) is 3.40. The third kappa shape index (κ3) is 3.34. The van der Waals surface area contributed by atoms with E-state index >= 15 is 0 Å². The Morgan fingerprint density at radius 1 is 1.19 bits per heavy atom. The Labute approximate surface area is 123 Å². The second-order valence-corrected chi connectivity index (χ2v) is 6.07. The van der Waals surface area contributed by atoms with Crippen LogP contribution in [0.5, 0.6) is 0 Å². The predicted octanol–water partition coefficient (Wildman–Crippen LogP) is 3.82. The van der Waals surface area contributed by atoms with Crippen LogP contribution in [-0.4, -0.2) is 30.7 Å². The van der Waals surface area contributed by atoms with Gasteiger partial charge in [0.1, 0.15) is 0 Å². The van der Waals surface area contributed by atoms with Crippen LogP contribution in [-0.2, 0) is 13.0 Å². The summed E-state index contributed by atoms with van der Waals surface area (Å²) in [4.78, 5) is 2.16. The number of nitrogens with one attached hydrogen (secondary N) is 1. The van der Waals surface area contributed by atoms with Crippen molar-refractivity contribution >= 4 is 5.69 Å². The second-order valence-electron chi connectivity index (χ2n) is 6.07. The van der Waals surface area contributed by atoms with Gasteiger partial charge in [0.2, 0.25) is 0 Å². The molecule has 0 radical (unpaired) electrons. The second kappa shape index (κ2) is 5.87. The maximum Gasteiger partial charge on any atom is 0.391 e. The standard InChI is InChI=1S/C16H21F3N2/c17-16(18,19)13-6-9-21(10-7-13)11-12-3-1-5-15-14(12)4-2-8-20-15/h1,3,5,13,20H,2,4,6-11H2. The molecule has 1 fully saturated rings. The highest BCUT2D eigenvalue weighted by Crippen LogP contribution is 2.35. The molecule has 1 N–H and O–H groups in total. The largest absolute Gasteiger partial charge is 0.391 e. The lowest BCUT2D eigenvalue weighted by Gasteiger charge is -2.33. The van der Waals surface area contributed by atoms with Crippen molar-refractivity contribution in [3.8, 4) is 0 Å². The summed E-state index contributed by atoms with van der Waals surface area (Å²) < 4.78 is 38.1. The van der Waals surface area contributed by atoms with Gasteiger partial charge in [-0.25, -0.2) is 0 Å². The van der Waals surface area contributed by atoms with Crippen molar-refractivity contribution in [1.82, 2.24) is 4.90 Å². The molecule has 0 bridgehead atoms. The monoisotopic (exact) mass is 298 g/mol. The number of alkyl halides is 3. The van der Waals surface area contributed by atoms with Crippen LogP contribution in [0.2, 0.25) is 0 Å². The highest BCUT2D eigenvalue weighted by atomic mass is 19.4. The summed E-state index contributed by atoms with van der Waals surface area (Å²) in [5.74, 6) is -1.11. The lowest BCUT2D eigenvalue weighted by Crippen LogP contribution is -2.38. The minimum Gasteiger partial charge on any atom is -0.385 e. The van der Waals surface area contributed by atoms with E-state index in [1.54, 1.807) is 0 Å².